The molecule has 0 saturated carbocycles. The lowest BCUT2D eigenvalue weighted by molar-refractivity contribution is 0.143. The van der Waals surface area contributed by atoms with Crippen molar-refractivity contribution in [2.45, 2.75) is 24.9 Å². The van der Waals surface area contributed by atoms with Gasteiger partial charge in [0, 0.05) is 17.8 Å². The molecule has 1 aromatic carbocycles. The number of pyridine rings is 1. The topological polar surface area (TPSA) is 42.4 Å². The van der Waals surface area contributed by atoms with Crippen molar-refractivity contribution in [2.75, 3.05) is 7.11 Å². The predicted octanol–water partition coefficient (Wildman–Crippen LogP) is 2.85. The van der Waals surface area contributed by atoms with Crippen LogP contribution in [0.1, 0.15) is 35.3 Å². The van der Waals surface area contributed by atoms with Crippen LogP contribution in [-0.4, -0.2) is 17.2 Å². The molecule has 0 saturated heterocycles. The number of hydrogen-bond donors (Lipinski definition) is 1. The minimum Gasteiger partial charge on any atom is -0.497 e. The highest BCUT2D eigenvalue weighted by atomic mass is 16.5. The van der Waals surface area contributed by atoms with Crippen LogP contribution in [-0.2, 0) is 6.42 Å². The van der Waals surface area contributed by atoms with Gasteiger partial charge in [-0.1, -0.05) is 18.2 Å². The Balaban J connectivity index is 1.86. The third-order valence-corrected chi connectivity index (χ3v) is 3.84. The molecule has 2 atom stereocenters. The monoisotopic (exact) mass is 255 g/mol. The first-order valence-electron chi connectivity index (χ1n) is 6.55. The van der Waals surface area contributed by atoms with Gasteiger partial charge in [0.1, 0.15) is 5.75 Å². The summed E-state index contributed by atoms with van der Waals surface area (Å²) in [7, 11) is 1.64. The first kappa shape index (κ1) is 12.2. The van der Waals surface area contributed by atoms with Crippen LogP contribution in [0.25, 0.3) is 0 Å². The van der Waals surface area contributed by atoms with Crippen molar-refractivity contribution in [3.63, 3.8) is 0 Å². The Labute approximate surface area is 112 Å². The van der Waals surface area contributed by atoms with Crippen LogP contribution in [0, 0.1) is 0 Å². The van der Waals surface area contributed by atoms with E-state index in [1.165, 1.54) is 5.56 Å². The van der Waals surface area contributed by atoms with Gasteiger partial charge in [0.15, 0.2) is 0 Å². The van der Waals surface area contributed by atoms with E-state index in [2.05, 4.69) is 11.1 Å². The molecule has 1 aliphatic rings. The molecule has 1 N–H and O–H groups in total. The summed E-state index contributed by atoms with van der Waals surface area (Å²) in [6.45, 7) is 0. The summed E-state index contributed by atoms with van der Waals surface area (Å²) in [4.78, 5) is 4.44. The number of aromatic nitrogens is 1. The van der Waals surface area contributed by atoms with Crippen molar-refractivity contribution in [3.8, 4) is 5.75 Å². The van der Waals surface area contributed by atoms with Gasteiger partial charge in [0.05, 0.1) is 13.2 Å². The molecule has 1 aliphatic carbocycles. The number of aryl methyl sites for hydroxylation is 1. The third-order valence-electron chi connectivity index (χ3n) is 3.84. The second kappa shape index (κ2) is 5.02. The van der Waals surface area contributed by atoms with Crippen molar-refractivity contribution in [1.29, 1.82) is 0 Å². The Morgan fingerprint density at radius 3 is 2.79 bits per heavy atom. The number of fused-ring (bicyclic) bond motifs is 1. The summed E-state index contributed by atoms with van der Waals surface area (Å²) >= 11 is 0. The molecule has 2 aromatic rings. The van der Waals surface area contributed by atoms with E-state index in [4.69, 9.17) is 4.74 Å². The highest BCUT2D eigenvalue weighted by Crippen LogP contribution is 2.40. The standard InChI is InChI=1S/C16H17NO2/c1-19-13-7-4-12(5-8-13)16(18)14-9-6-11-3-2-10-17-15(11)14/h2-5,7-8,10,14,16,18H,6,9H2,1H3. The van der Waals surface area contributed by atoms with Crippen LogP contribution in [0.4, 0.5) is 0 Å². The highest BCUT2D eigenvalue weighted by Gasteiger charge is 2.30. The Bertz CT molecular complexity index is 565. The predicted molar refractivity (Wildman–Crippen MR) is 73.3 cm³/mol. The number of aliphatic hydroxyl groups is 1. The van der Waals surface area contributed by atoms with Gasteiger partial charge in [-0.25, -0.2) is 0 Å². The molecule has 3 rings (SSSR count). The molecule has 2 unspecified atom stereocenters. The molecular formula is C16H17NO2. The van der Waals surface area contributed by atoms with E-state index in [0.717, 1.165) is 29.8 Å². The second-order valence-corrected chi connectivity index (χ2v) is 4.91. The van der Waals surface area contributed by atoms with Crippen LogP contribution < -0.4 is 4.74 Å². The smallest absolute Gasteiger partial charge is 0.118 e. The van der Waals surface area contributed by atoms with E-state index in [1.54, 1.807) is 13.3 Å². The van der Waals surface area contributed by atoms with Gasteiger partial charge in [-0.15, -0.1) is 0 Å². The van der Waals surface area contributed by atoms with E-state index in [9.17, 15) is 5.11 Å². The number of benzene rings is 1. The van der Waals surface area contributed by atoms with Gasteiger partial charge in [0.25, 0.3) is 0 Å². The van der Waals surface area contributed by atoms with E-state index in [0.29, 0.717) is 0 Å². The van der Waals surface area contributed by atoms with Crippen molar-refractivity contribution in [3.05, 3.63) is 59.4 Å². The first-order chi connectivity index (χ1) is 9.29. The van der Waals surface area contributed by atoms with Crippen LogP contribution in [0.3, 0.4) is 0 Å². The lowest BCUT2D eigenvalue weighted by atomic mass is 9.93. The lowest BCUT2D eigenvalue weighted by Crippen LogP contribution is -2.09. The molecule has 1 heterocycles. The number of aliphatic hydroxyl groups excluding tert-OH is 1. The van der Waals surface area contributed by atoms with Gasteiger partial charge < -0.3 is 9.84 Å². The Kier molecular flexibility index (Phi) is 3.22. The van der Waals surface area contributed by atoms with E-state index in [-0.39, 0.29) is 5.92 Å². The van der Waals surface area contributed by atoms with Gasteiger partial charge in [-0.3, -0.25) is 4.98 Å². The minimum atomic E-state index is -0.498. The largest absolute Gasteiger partial charge is 0.497 e. The molecule has 0 aliphatic heterocycles. The summed E-state index contributed by atoms with van der Waals surface area (Å²) in [5, 5.41) is 10.5. The molecule has 0 fully saturated rings. The number of methoxy groups -OCH3 is 1. The third kappa shape index (κ3) is 2.22. The summed E-state index contributed by atoms with van der Waals surface area (Å²) in [6, 6.07) is 11.7. The fourth-order valence-electron chi connectivity index (χ4n) is 2.78. The van der Waals surface area contributed by atoms with Crippen molar-refractivity contribution >= 4 is 0 Å². The molecule has 3 heteroatoms. The molecule has 3 nitrogen and oxygen atoms in total. The maximum atomic E-state index is 10.5. The van der Waals surface area contributed by atoms with Crippen molar-refractivity contribution in [1.82, 2.24) is 4.98 Å². The van der Waals surface area contributed by atoms with Crippen LogP contribution in [0.15, 0.2) is 42.6 Å². The fraction of sp³-hybridized carbons (Fsp3) is 0.312. The normalized spacial score (nSPS) is 18.9. The minimum absolute atomic E-state index is 0.101. The molecule has 1 aromatic heterocycles. The lowest BCUT2D eigenvalue weighted by Gasteiger charge is -2.19. The van der Waals surface area contributed by atoms with E-state index >= 15 is 0 Å². The Hall–Kier alpha value is -1.87. The first-order valence-corrected chi connectivity index (χ1v) is 6.55. The van der Waals surface area contributed by atoms with E-state index < -0.39 is 6.10 Å². The SMILES string of the molecule is COc1ccc(C(O)C2CCc3cccnc32)cc1. The zero-order valence-electron chi connectivity index (χ0n) is 10.9. The molecule has 0 bridgehead atoms. The second-order valence-electron chi connectivity index (χ2n) is 4.91. The molecule has 0 radical (unpaired) electrons. The fourth-order valence-corrected chi connectivity index (χ4v) is 2.78. The zero-order chi connectivity index (χ0) is 13.2. The van der Waals surface area contributed by atoms with Gasteiger partial charge in [-0.05, 0) is 42.2 Å². The molecule has 19 heavy (non-hydrogen) atoms. The number of nitrogens with zero attached hydrogens (tertiary/aromatic N) is 1. The van der Waals surface area contributed by atoms with Gasteiger partial charge >= 0.3 is 0 Å². The average molecular weight is 255 g/mol. The van der Waals surface area contributed by atoms with Crippen LogP contribution in [0.5, 0.6) is 5.75 Å². The maximum absolute atomic E-state index is 10.5. The number of ether oxygens (including phenoxy) is 1. The van der Waals surface area contributed by atoms with Gasteiger partial charge in [0.2, 0.25) is 0 Å². The quantitative estimate of drug-likeness (QED) is 0.917. The summed E-state index contributed by atoms with van der Waals surface area (Å²) in [5.74, 6) is 0.908. The maximum Gasteiger partial charge on any atom is 0.118 e. The van der Waals surface area contributed by atoms with Crippen molar-refractivity contribution in [2.24, 2.45) is 0 Å². The van der Waals surface area contributed by atoms with Crippen molar-refractivity contribution < 1.29 is 9.84 Å². The summed E-state index contributed by atoms with van der Waals surface area (Å²) in [6.07, 6.45) is 3.26. The molecule has 0 amide bonds. The van der Waals surface area contributed by atoms with Crippen LogP contribution in [0.2, 0.25) is 0 Å². The number of hydrogen-bond acceptors (Lipinski definition) is 3. The molecular weight excluding hydrogens is 238 g/mol. The summed E-state index contributed by atoms with van der Waals surface area (Å²) < 4.78 is 5.14. The average Bonchev–Trinajstić information content (AvgIpc) is 2.90. The zero-order valence-corrected chi connectivity index (χ0v) is 10.9. The van der Waals surface area contributed by atoms with Gasteiger partial charge in [-0.2, -0.15) is 0 Å². The summed E-state index contributed by atoms with van der Waals surface area (Å²) in [5.41, 5.74) is 3.23. The Morgan fingerprint density at radius 1 is 1.26 bits per heavy atom. The molecule has 0 spiro atoms. The highest BCUT2D eigenvalue weighted by molar-refractivity contribution is 5.34. The van der Waals surface area contributed by atoms with Crippen LogP contribution >= 0.6 is 0 Å². The number of rotatable bonds is 3. The van der Waals surface area contributed by atoms with E-state index in [1.807, 2.05) is 30.3 Å². The Morgan fingerprint density at radius 2 is 2.05 bits per heavy atom. The molecule has 98 valence electrons.